The number of halogens is 1. The summed E-state index contributed by atoms with van der Waals surface area (Å²) in [5, 5.41) is 3.16. The van der Waals surface area contributed by atoms with E-state index in [1.807, 2.05) is 0 Å². The van der Waals surface area contributed by atoms with Gasteiger partial charge in [0.1, 0.15) is 5.54 Å². The predicted molar refractivity (Wildman–Crippen MR) is 92.6 cm³/mol. The molecule has 0 radical (unpaired) electrons. The van der Waals surface area contributed by atoms with Gasteiger partial charge in [-0.15, -0.1) is 0 Å². The predicted octanol–water partition coefficient (Wildman–Crippen LogP) is 2.62. The summed E-state index contributed by atoms with van der Waals surface area (Å²) in [6.07, 6.45) is 0. The first-order valence-corrected chi connectivity index (χ1v) is 7.71. The number of rotatable bonds is 6. The molecule has 0 unspecified atom stereocenters. The van der Waals surface area contributed by atoms with Gasteiger partial charge in [-0.3, -0.25) is 9.59 Å². The fourth-order valence-corrected chi connectivity index (χ4v) is 2.48. The van der Waals surface area contributed by atoms with Gasteiger partial charge in [0.25, 0.3) is 5.91 Å². The van der Waals surface area contributed by atoms with Crippen LogP contribution < -0.4 is 11.1 Å². The van der Waals surface area contributed by atoms with Gasteiger partial charge in [0.2, 0.25) is 5.91 Å². The molecular weight excluding hydrogens is 328 g/mol. The van der Waals surface area contributed by atoms with Crippen LogP contribution in [-0.2, 0) is 21.7 Å². The van der Waals surface area contributed by atoms with E-state index in [9.17, 15) is 9.59 Å². The van der Waals surface area contributed by atoms with Gasteiger partial charge in [-0.25, -0.2) is 0 Å². The number of nitrogens with two attached hydrogens (primary N) is 1. The molecule has 126 valence electrons. The molecule has 24 heavy (non-hydrogen) atoms. The number of hydrogen-bond donors (Lipinski definition) is 2. The van der Waals surface area contributed by atoms with E-state index < -0.39 is 17.4 Å². The van der Waals surface area contributed by atoms with Crippen molar-refractivity contribution in [3.8, 4) is 0 Å². The number of nitrogens with one attached hydrogen (secondary N) is 1. The van der Waals surface area contributed by atoms with E-state index in [1.54, 1.807) is 62.6 Å². The highest BCUT2D eigenvalue weighted by Crippen LogP contribution is 2.24. The van der Waals surface area contributed by atoms with Gasteiger partial charge in [-0.1, -0.05) is 35.9 Å². The average molecular weight is 347 g/mol. The van der Waals surface area contributed by atoms with Crippen LogP contribution >= 0.6 is 11.6 Å². The van der Waals surface area contributed by atoms with Crippen molar-refractivity contribution in [3.63, 3.8) is 0 Å². The standard InChI is InChI=1S/C18H19ClN2O3/c1-18(17(20)23,14-4-3-5-15(19)10-14)21-16(22)13-8-6-12(7-9-13)11-24-2/h3-10H,11H2,1-2H3,(H2,20,23)(H,21,22)/t18-/m1/s1. The topological polar surface area (TPSA) is 81.4 Å². The molecule has 2 aromatic rings. The zero-order valence-electron chi connectivity index (χ0n) is 13.5. The Bertz CT molecular complexity index is 746. The van der Waals surface area contributed by atoms with Crippen molar-refractivity contribution in [3.05, 3.63) is 70.2 Å². The van der Waals surface area contributed by atoms with Gasteiger partial charge in [-0.2, -0.15) is 0 Å². The van der Waals surface area contributed by atoms with Crippen molar-refractivity contribution in [2.24, 2.45) is 5.73 Å². The minimum atomic E-state index is -1.37. The molecule has 0 saturated heterocycles. The normalized spacial score (nSPS) is 13.1. The molecule has 0 aliphatic carbocycles. The highest BCUT2D eigenvalue weighted by Gasteiger charge is 2.35. The quantitative estimate of drug-likeness (QED) is 0.843. The molecule has 0 fully saturated rings. The van der Waals surface area contributed by atoms with E-state index in [0.717, 1.165) is 5.56 Å². The highest BCUT2D eigenvalue weighted by molar-refractivity contribution is 6.30. The molecule has 6 heteroatoms. The second-order valence-electron chi connectivity index (χ2n) is 5.58. The molecule has 0 heterocycles. The molecule has 0 bridgehead atoms. The first-order valence-electron chi connectivity index (χ1n) is 7.33. The van der Waals surface area contributed by atoms with Crippen molar-refractivity contribution in [1.29, 1.82) is 0 Å². The number of methoxy groups -OCH3 is 1. The number of ether oxygens (including phenoxy) is 1. The number of carbonyl (C=O) groups excluding carboxylic acids is 2. The lowest BCUT2D eigenvalue weighted by atomic mass is 9.90. The van der Waals surface area contributed by atoms with Crippen LogP contribution in [0.1, 0.15) is 28.4 Å². The number of benzene rings is 2. The van der Waals surface area contributed by atoms with Crippen LogP contribution in [0.3, 0.4) is 0 Å². The fraction of sp³-hybridized carbons (Fsp3) is 0.222. The van der Waals surface area contributed by atoms with Gasteiger partial charge in [0.15, 0.2) is 0 Å². The molecule has 0 aliphatic heterocycles. The third kappa shape index (κ3) is 3.93. The zero-order chi connectivity index (χ0) is 17.7. The van der Waals surface area contributed by atoms with Crippen LogP contribution in [0.4, 0.5) is 0 Å². The molecule has 2 rings (SSSR count). The number of primary amides is 1. The van der Waals surface area contributed by atoms with Crippen LogP contribution in [0.25, 0.3) is 0 Å². The molecule has 1 atom stereocenters. The zero-order valence-corrected chi connectivity index (χ0v) is 14.3. The Balaban J connectivity index is 2.27. The Morgan fingerprint density at radius 3 is 2.42 bits per heavy atom. The number of amides is 2. The Kier molecular flexibility index (Phi) is 5.59. The van der Waals surface area contributed by atoms with Crippen LogP contribution in [-0.4, -0.2) is 18.9 Å². The van der Waals surface area contributed by atoms with E-state index >= 15 is 0 Å². The van der Waals surface area contributed by atoms with Crippen molar-refractivity contribution >= 4 is 23.4 Å². The Labute approximate surface area is 145 Å². The highest BCUT2D eigenvalue weighted by atomic mass is 35.5. The SMILES string of the molecule is COCc1ccc(C(=O)N[C@@](C)(C(N)=O)c2cccc(Cl)c2)cc1. The third-order valence-corrected chi connectivity index (χ3v) is 4.02. The van der Waals surface area contributed by atoms with E-state index in [4.69, 9.17) is 22.1 Å². The van der Waals surface area contributed by atoms with Crippen molar-refractivity contribution in [2.45, 2.75) is 19.1 Å². The largest absolute Gasteiger partial charge is 0.380 e. The van der Waals surface area contributed by atoms with E-state index in [-0.39, 0.29) is 0 Å². The lowest BCUT2D eigenvalue weighted by Gasteiger charge is -2.28. The van der Waals surface area contributed by atoms with E-state index in [2.05, 4.69) is 5.32 Å². The van der Waals surface area contributed by atoms with Crippen LogP contribution in [0.2, 0.25) is 5.02 Å². The smallest absolute Gasteiger partial charge is 0.252 e. The Hall–Kier alpha value is -2.37. The van der Waals surface area contributed by atoms with Crippen molar-refractivity contribution in [1.82, 2.24) is 5.32 Å². The fourth-order valence-electron chi connectivity index (χ4n) is 2.29. The summed E-state index contributed by atoms with van der Waals surface area (Å²) in [6, 6.07) is 13.6. The molecule has 0 saturated carbocycles. The summed E-state index contributed by atoms with van der Waals surface area (Å²) in [5.41, 5.74) is 6.05. The first kappa shape index (κ1) is 18.0. The maximum atomic E-state index is 12.5. The van der Waals surface area contributed by atoms with E-state index in [0.29, 0.717) is 22.8 Å². The van der Waals surface area contributed by atoms with Gasteiger partial charge < -0.3 is 15.8 Å². The van der Waals surface area contributed by atoms with Crippen molar-refractivity contribution < 1.29 is 14.3 Å². The van der Waals surface area contributed by atoms with Crippen LogP contribution in [0.5, 0.6) is 0 Å². The molecule has 3 N–H and O–H groups in total. The molecule has 5 nitrogen and oxygen atoms in total. The second kappa shape index (κ2) is 7.47. The lowest BCUT2D eigenvalue weighted by Crippen LogP contribution is -2.52. The van der Waals surface area contributed by atoms with Crippen LogP contribution in [0.15, 0.2) is 48.5 Å². The molecule has 0 spiro atoms. The maximum absolute atomic E-state index is 12.5. The maximum Gasteiger partial charge on any atom is 0.252 e. The van der Waals surface area contributed by atoms with E-state index in [1.165, 1.54) is 0 Å². The number of hydrogen-bond acceptors (Lipinski definition) is 3. The Morgan fingerprint density at radius 2 is 1.88 bits per heavy atom. The lowest BCUT2D eigenvalue weighted by molar-refractivity contribution is -0.123. The summed E-state index contributed by atoms with van der Waals surface area (Å²) in [4.78, 5) is 24.5. The number of carbonyl (C=O) groups is 2. The third-order valence-electron chi connectivity index (χ3n) is 3.79. The van der Waals surface area contributed by atoms with Gasteiger partial charge >= 0.3 is 0 Å². The van der Waals surface area contributed by atoms with Gasteiger partial charge in [0.05, 0.1) is 6.61 Å². The van der Waals surface area contributed by atoms with Gasteiger partial charge in [0, 0.05) is 17.7 Å². The monoisotopic (exact) mass is 346 g/mol. The summed E-state index contributed by atoms with van der Waals surface area (Å²) in [6.45, 7) is 2.02. The summed E-state index contributed by atoms with van der Waals surface area (Å²) < 4.78 is 5.04. The molecule has 2 aromatic carbocycles. The molecular formula is C18H19ClN2O3. The summed E-state index contributed by atoms with van der Waals surface area (Å²) >= 11 is 5.98. The first-order chi connectivity index (χ1) is 11.4. The summed E-state index contributed by atoms with van der Waals surface area (Å²) in [7, 11) is 1.60. The Morgan fingerprint density at radius 1 is 1.21 bits per heavy atom. The molecule has 0 aliphatic rings. The van der Waals surface area contributed by atoms with Crippen LogP contribution in [0, 0.1) is 0 Å². The van der Waals surface area contributed by atoms with Gasteiger partial charge in [-0.05, 0) is 42.3 Å². The minimum Gasteiger partial charge on any atom is -0.380 e. The average Bonchev–Trinajstić information content (AvgIpc) is 2.55. The minimum absolute atomic E-state index is 0.403. The van der Waals surface area contributed by atoms with Crippen molar-refractivity contribution in [2.75, 3.05) is 7.11 Å². The molecule has 0 aromatic heterocycles. The summed E-state index contributed by atoms with van der Waals surface area (Å²) in [5.74, 6) is -1.07. The molecule has 2 amide bonds. The second-order valence-corrected chi connectivity index (χ2v) is 6.02.